The maximum Gasteiger partial charge on any atom is 0.269 e. The van der Waals surface area contributed by atoms with Crippen molar-refractivity contribution in [2.75, 3.05) is 0 Å². The van der Waals surface area contributed by atoms with Crippen molar-refractivity contribution in [3.05, 3.63) is 48.4 Å². The molecule has 4 heteroatoms. The van der Waals surface area contributed by atoms with Crippen LogP contribution in [0, 0.1) is 0 Å². The fourth-order valence-corrected chi connectivity index (χ4v) is 1.92. The summed E-state index contributed by atoms with van der Waals surface area (Å²) in [6.45, 7) is 0. The molecule has 3 aromatic rings. The van der Waals surface area contributed by atoms with Gasteiger partial charge in [0.2, 0.25) is 0 Å². The van der Waals surface area contributed by atoms with Gasteiger partial charge in [-0.1, -0.05) is 24.3 Å². The van der Waals surface area contributed by atoms with Crippen LogP contribution in [0.2, 0.25) is 0 Å². The molecule has 0 fully saturated rings. The van der Waals surface area contributed by atoms with E-state index in [4.69, 9.17) is 5.73 Å². The number of carbonyl (C=O) groups excluding carboxylic acids is 1. The number of aromatic nitrogens is 2. The van der Waals surface area contributed by atoms with E-state index in [-0.39, 0.29) is 0 Å². The van der Waals surface area contributed by atoms with E-state index in [1.165, 1.54) is 0 Å². The molecular formula is C12H9N3O. The molecule has 4 nitrogen and oxygen atoms in total. The van der Waals surface area contributed by atoms with Gasteiger partial charge in [-0.3, -0.25) is 9.20 Å². The molecule has 1 aromatic carbocycles. The normalized spacial score (nSPS) is 11.0. The Morgan fingerprint density at radius 2 is 1.94 bits per heavy atom. The number of hydrogen-bond acceptors (Lipinski definition) is 2. The van der Waals surface area contributed by atoms with Crippen LogP contribution in [-0.2, 0) is 0 Å². The summed E-state index contributed by atoms with van der Waals surface area (Å²) in [5.74, 6) is -0.502. The number of fused-ring (bicyclic) bond motifs is 3. The largest absolute Gasteiger partial charge is 0.364 e. The summed E-state index contributed by atoms with van der Waals surface area (Å²) < 4.78 is 1.87. The number of nitrogens with zero attached hydrogens (tertiary/aromatic N) is 2. The Morgan fingerprint density at radius 3 is 2.75 bits per heavy atom. The molecule has 78 valence electrons. The first-order chi connectivity index (χ1) is 7.77. The van der Waals surface area contributed by atoms with Gasteiger partial charge in [0.1, 0.15) is 6.33 Å². The minimum absolute atomic E-state index is 0.311. The van der Waals surface area contributed by atoms with Crippen molar-refractivity contribution in [1.82, 2.24) is 9.38 Å². The smallest absolute Gasteiger partial charge is 0.269 e. The second-order valence-corrected chi connectivity index (χ2v) is 3.60. The lowest BCUT2D eigenvalue weighted by atomic mass is 10.2. The van der Waals surface area contributed by atoms with Gasteiger partial charge < -0.3 is 5.73 Å². The van der Waals surface area contributed by atoms with Crippen LogP contribution < -0.4 is 5.73 Å². The third kappa shape index (κ3) is 1.10. The van der Waals surface area contributed by atoms with Crippen molar-refractivity contribution in [2.45, 2.75) is 0 Å². The lowest BCUT2D eigenvalue weighted by molar-refractivity contribution is 0.0997. The highest BCUT2D eigenvalue weighted by Gasteiger charge is 2.10. The van der Waals surface area contributed by atoms with E-state index in [9.17, 15) is 4.79 Å². The predicted molar refractivity (Wildman–Crippen MR) is 61.2 cm³/mol. The van der Waals surface area contributed by atoms with Crippen molar-refractivity contribution < 1.29 is 4.79 Å². The minimum Gasteiger partial charge on any atom is -0.364 e. The average Bonchev–Trinajstić information content (AvgIpc) is 2.73. The molecular weight excluding hydrogens is 202 g/mol. The lowest BCUT2D eigenvalue weighted by Crippen LogP contribution is -2.11. The first kappa shape index (κ1) is 8.91. The van der Waals surface area contributed by atoms with Crippen LogP contribution in [0.15, 0.2) is 42.7 Å². The average molecular weight is 211 g/mol. The van der Waals surface area contributed by atoms with Crippen LogP contribution in [0.3, 0.4) is 0 Å². The first-order valence-electron chi connectivity index (χ1n) is 4.92. The molecule has 2 aromatic heterocycles. The highest BCUT2D eigenvalue weighted by atomic mass is 16.1. The Labute approximate surface area is 91.3 Å². The monoisotopic (exact) mass is 211 g/mol. The molecule has 16 heavy (non-hydrogen) atoms. The van der Waals surface area contributed by atoms with Crippen molar-refractivity contribution in [1.29, 1.82) is 0 Å². The Morgan fingerprint density at radius 1 is 1.12 bits per heavy atom. The topological polar surface area (TPSA) is 60.4 Å². The molecule has 0 aliphatic rings. The van der Waals surface area contributed by atoms with Crippen LogP contribution in [0.1, 0.15) is 10.5 Å². The molecule has 3 rings (SSSR count). The predicted octanol–water partition coefficient (Wildman–Crippen LogP) is 1.59. The van der Waals surface area contributed by atoms with E-state index in [1.807, 2.05) is 40.8 Å². The van der Waals surface area contributed by atoms with E-state index < -0.39 is 5.91 Å². The van der Waals surface area contributed by atoms with Crippen molar-refractivity contribution in [3.8, 4) is 0 Å². The SMILES string of the molecule is NC(=O)c1ncn2c1ccc1ccccc12. The van der Waals surface area contributed by atoms with Gasteiger partial charge in [0.15, 0.2) is 5.69 Å². The molecule has 0 saturated heterocycles. The third-order valence-corrected chi connectivity index (χ3v) is 2.65. The lowest BCUT2D eigenvalue weighted by Gasteiger charge is -2.01. The van der Waals surface area contributed by atoms with E-state index in [0.717, 1.165) is 16.4 Å². The number of para-hydroxylation sites is 1. The number of rotatable bonds is 1. The molecule has 2 N–H and O–H groups in total. The van der Waals surface area contributed by atoms with E-state index in [1.54, 1.807) is 6.33 Å². The molecule has 0 unspecified atom stereocenters. The summed E-state index contributed by atoms with van der Waals surface area (Å²) in [7, 11) is 0. The summed E-state index contributed by atoms with van der Waals surface area (Å²) in [5.41, 5.74) is 7.32. The van der Waals surface area contributed by atoms with Gasteiger partial charge >= 0.3 is 0 Å². The fourth-order valence-electron chi connectivity index (χ4n) is 1.92. The van der Waals surface area contributed by atoms with Gasteiger partial charge in [0.05, 0.1) is 11.0 Å². The molecule has 0 aliphatic carbocycles. The number of nitrogens with two attached hydrogens (primary N) is 1. The summed E-state index contributed by atoms with van der Waals surface area (Å²) >= 11 is 0. The van der Waals surface area contributed by atoms with Crippen LogP contribution in [-0.4, -0.2) is 15.3 Å². The minimum atomic E-state index is -0.502. The van der Waals surface area contributed by atoms with Crippen LogP contribution in [0.25, 0.3) is 16.4 Å². The zero-order chi connectivity index (χ0) is 11.1. The standard InChI is InChI=1S/C12H9N3O/c13-12(16)11-10-6-5-8-3-1-2-4-9(8)15(10)7-14-11/h1-7H,(H2,13,16). The fraction of sp³-hybridized carbons (Fsp3) is 0. The van der Waals surface area contributed by atoms with Crippen molar-refractivity contribution >= 4 is 22.3 Å². The van der Waals surface area contributed by atoms with E-state index in [2.05, 4.69) is 4.98 Å². The number of amides is 1. The molecule has 0 bridgehead atoms. The number of pyridine rings is 1. The molecule has 0 spiro atoms. The Bertz CT molecular complexity index is 700. The number of carbonyl (C=O) groups is 1. The van der Waals surface area contributed by atoms with Gasteiger partial charge in [-0.25, -0.2) is 4.98 Å². The maximum atomic E-state index is 11.2. The summed E-state index contributed by atoms with van der Waals surface area (Å²) in [5, 5.41) is 1.10. The quantitative estimate of drug-likeness (QED) is 0.664. The first-order valence-corrected chi connectivity index (χ1v) is 4.92. The number of hydrogen-bond donors (Lipinski definition) is 1. The Kier molecular flexibility index (Phi) is 1.71. The number of benzene rings is 1. The van der Waals surface area contributed by atoms with Gasteiger partial charge in [-0.15, -0.1) is 0 Å². The van der Waals surface area contributed by atoms with Gasteiger partial charge in [0.25, 0.3) is 5.91 Å². The molecule has 0 saturated carbocycles. The van der Waals surface area contributed by atoms with Gasteiger partial charge in [0, 0.05) is 0 Å². The zero-order valence-electron chi connectivity index (χ0n) is 8.42. The molecule has 0 atom stereocenters. The van der Waals surface area contributed by atoms with Crippen LogP contribution in [0.5, 0.6) is 0 Å². The summed E-state index contributed by atoms with van der Waals surface area (Å²) in [6, 6.07) is 11.7. The third-order valence-electron chi connectivity index (χ3n) is 2.65. The number of primary amides is 1. The molecule has 1 amide bonds. The second-order valence-electron chi connectivity index (χ2n) is 3.60. The molecule has 0 aliphatic heterocycles. The molecule has 0 radical (unpaired) electrons. The summed E-state index contributed by atoms with van der Waals surface area (Å²) in [4.78, 5) is 15.2. The highest BCUT2D eigenvalue weighted by Crippen LogP contribution is 2.18. The summed E-state index contributed by atoms with van der Waals surface area (Å²) in [6.07, 6.45) is 1.62. The van der Waals surface area contributed by atoms with Gasteiger partial charge in [-0.2, -0.15) is 0 Å². The van der Waals surface area contributed by atoms with E-state index in [0.29, 0.717) is 5.69 Å². The Balaban J connectivity index is 2.49. The highest BCUT2D eigenvalue weighted by molar-refractivity contribution is 5.99. The number of imidazole rings is 1. The Hall–Kier alpha value is -2.36. The van der Waals surface area contributed by atoms with Crippen molar-refractivity contribution in [3.63, 3.8) is 0 Å². The van der Waals surface area contributed by atoms with Gasteiger partial charge in [-0.05, 0) is 17.5 Å². The molecule has 2 heterocycles. The van der Waals surface area contributed by atoms with E-state index >= 15 is 0 Å². The van der Waals surface area contributed by atoms with Crippen LogP contribution >= 0.6 is 0 Å². The van der Waals surface area contributed by atoms with Crippen molar-refractivity contribution in [2.24, 2.45) is 5.73 Å². The maximum absolute atomic E-state index is 11.2. The van der Waals surface area contributed by atoms with Crippen LogP contribution in [0.4, 0.5) is 0 Å². The second kappa shape index (κ2) is 3.06. The zero-order valence-corrected chi connectivity index (χ0v) is 8.42.